The second-order valence-corrected chi connectivity index (χ2v) is 8.35. The maximum Gasteiger partial charge on any atom is 0.261 e. The monoisotopic (exact) mass is 400 g/mol. The largest absolute Gasteiger partial charge is 0.277 e. The third kappa shape index (κ3) is 2.19. The molecule has 5 rings (SSSR count). The lowest BCUT2D eigenvalue weighted by atomic mass is 9.88. The Morgan fingerprint density at radius 1 is 0.567 bits per heavy atom. The van der Waals surface area contributed by atoms with E-state index < -0.39 is 22.2 Å². The second-order valence-electron chi connectivity index (χ2n) is 8.35. The van der Waals surface area contributed by atoms with Gasteiger partial charge in [-0.15, -0.1) is 0 Å². The van der Waals surface area contributed by atoms with Crippen LogP contribution in [0.15, 0.2) is 54.6 Å². The molecule has 0 fully saturated rings. The van der Waals surface area contributed by atoms with Gasteiger partial charge in [0.15, 0.2) is 0 Å². The molecular weight excluding hydrogens is 380 g/mol. The molecule has 0 saturated heterocycles. The lowest BCUT2D eigenvalue weighted by Crippen LogP contribution is -2.22. The van der Waals surface area contributed by atoms with Crippen LogP contribution >= 0.6 is 0 Å². The minimum atomic E-state index is -0.433. The Labute approximate surface area is 171 Å². The van der Waals surface area contributed by atoms with E-state index in [9.17, 15) is 19.2 Å². The molecule has 0 spiro atoms. The summed E-state index contributed by atoms with van der Waals surface area (Å²) in [6.45, 7) is 3.93. The highest BCUT2D eigenvalue weighted by Crippen LogP contribution is 2.40. The van der Waals surface area contributed by atoms with Crippen molar-refractivity contribution >= 4 is 32.7 Å². The Balaban J connectivity index is 2.11. The maximum absolute atomic E-state index is 13.2. The van der Waals surface area contributed by atoms with Crippen LogP contribution in [0.2, 0.25) is 0 Å². The van der Waals surface area contributed by atoms with Crippen LogP contribution in [0.5, 0.6) is 0 Å². The van der Waals surface area contributed by atoms with Crippen LogP contribution in [0.4, 0.5) is 0 Å². The highest BCUT2D eigenvalue weighted by Gasteiger charge is 2.31. The van der Waals surface area contributed by atoms with Crippen molar-refractivity contribution < 1.29 is 0 Å². The highest BCUT2D eigenvalue weighted by atomic mass is 16.2. The van der Waals surface area contributed by atoms with Crippen molar-refractivity contribution in [3.63, 3.8) is 0 Å². The molecule has 2 aromatic heterocycles. The first-order chi connectivity index (χ1) is 14.2. The van der Waals surface area contributed by atoms with Gasteiger partial charge in [0.05, 0.1) is 21.5 Å². The van der Waals surface area contributed by atoms with Crippen LogP contribution in [0.3, 0.4) is 0 Å². The molecular formula is C24H20N2O4. The van der Waals surface area contributed by atoms with Gasteiger partial charge in [0.2, 0.25) is 0 Å². The fraction of sp³-hybridized carbons (Fsp3) is 0.250. The summed E-state index contributed by atoms with van der Waals surface area (Å²) in [5, 5.41) is 0.972. The SMILES string of the molecule is CC1=CC=C(c2c3c(=O)n(C)c(=O)c3c(C3=CC=C(C)C3)c3c(=O)n(C)c(=O)c23)C1. The van der Waals surface area contributed by atoms with Gasteiger partial charge < -0.3 is 0 Å². The van der Waals surface area contributed by atoms with Crippen LogP contribution in [-0.2, 0) is 14.1 Å². The quantitative estimate of drug-likeness (QED) is 0.662. The number of aromatic nitrogens is 2. The molecule has 2 aliphatic carbocycles. The topological polar surface area (TPSA) is 78.1 Å². The normalized spacial score (nSPS) is 16.4. The summed E-state index contributed by atoms with van der Waals surface area (Å²) in [5.41, 5.74) is 2.89. The van der Waals surface area contributed by atoms with Gasteiger partial charge in [-0.05, 0) is 37.8 Å². The molecule has 0 aliphatic heterocycles. The number of fused-ring (bicyclic) bond motifs is 2. The van der Waals surface area contributed by atoms with Crippen molar-refractivity contribution in [3.8, 4) is 0 Å². The summed E-state index contributed by atoms with van der Waals surface area (Å²) in [7, 11) is 2.89. The number of hydrogen-bond acceptors (Lipinski definition) is 4. The second kappa shape index (κ2) is 5.98. The van der Waals surface area contributed by atoms with Gasteiger partial charge >= 0.3 is 0 Å². The fourth-order valence-electron chi connectivity index (χ4n) is 4.77. The Kier molecular flexibility index (Phi) is 3.69. The molecule has 2 aliphatic rings. The predicted molar refractivity (Wildman–Crippen MR) is 120 cm³/mol. The molecule has 6 nitrogen and oxygen atoms in total. The summed E-state index contributed by atoms with van der Waals surface area (Å²) in [4.78, 5) is 52.7. The molecule has 0 radical (unpaired) electrons. The lowest BCUT2D eigenvalue weighted by molar-refractivity contribution is 0.854. The molecule has 0 saturated carbocycles. The Morgan fingerprint density at radius 2 is 0.867 bits per heavy atom. The molecule has 1 aromatic carbocycles. The van der Waals surface area contributed by atoms with E-state index in [0.717, 1.165) is 31.4 Å². The van der Waals surface area contributed by atoms with Crippen molar-refractivity contribution in [2.24, 2.45) is 14.1 Å². The summed E-state index contributed by atoms with van der Waals surface area (Å²) >= 11 is 0. The average molecular weight is 400 g/mol. The summed E-state index contributed by atoms with van der Waals surface area (Å²) in [6, 6.07) is 0. The molecule has 0 unspecified atom stereocenters. The number of benzene rings is 1. The fourth-order valence-corrected chi connectivity index (χ4v) is 4.77. The minimum absolute atomic E-state index is 0.243. The third-order valence-electron chi connectivity index (χ3n) is 6.29. The van der Waals surface area contributed by atoms with Crippen molar-refractivity contribution in [3.05, 3.63) is 88.0 Å². The summed E-state index contributed by atoms with van der Waals surface area (Å²) in [5.74, 6) is 0. The van der Waals surface area contributed by atoms with E-state index in [2.05, 4.69) is 0 Å². The van der Waals surface area contributed by atoms with Crippen LogP contribution < -0.4 is 22.2 Å². The van der Waals surface area contributed by atoms with E-state index >= 15 is 0 Å². The van der Waals surface area contributed by atoms with E-state index in [1.54, 1.807) is 0 Å². The van der Waals surface area contributed by atoms with E-state index in [0.29, 0.717) is 24.0 Å². The van der Waals surface area contributed by atoms with Gasteiger partial charge in [0.25, 0.3) is 22.2 Å². The highest BCUT2D eigenvalue weighted by molar-refractivity contribution is 6.16. The van der Waals surface area contributed by atoms with Gasteiger partial charge in [-0.3, -0.25) is 28.3 Å². The summed E-state index contributed by atoms with van der Waals surface area (Å²) in [6.07, 6.45) is 8.75. The smallest absolute Gasteiger partial charge is 0.261 e. The van der Waals surface area contributed by atoms with Gasteiger partial charge in [-0.1, -0.05) is 35.5 Å². The molecule has 0 bridgehead atoms. The third-order valence-corrected chi connectivity index (χ3v) is 6.29. The van der Waals surface area contributed by atoms with Crippen molar-refractivity contribution in [2.45, 2.75) is 26.7 Å². The molecule has 150 valence electrons. The molecule has 30 heavy (non-hydrogen) atoms. The zero-order valence-corrected chi connectivity index (χ0v) is 17.3. The van der Waals surface area contributed by atoms with Crippen LogP contribution in [0.25, 0.3) is 32.7 Å². The van der Waals surface area contributed by atoms with E-state index in [1.165, 1.54) is 14.1 Å². The molecule has 2 heterocycles. The first-order valence-corrected chi connectivity index (χ1v) is 9.84. The Morgan fingerprint density at radius 3 is 1.10 bits per heavy atom. The van der Waals surface area contributed by atoms with E-state index in [1.807, 2.05) is 38.2 Å². The van der Waals surface area contributed by atoms with E-state index in [-0.39, 0.29) is 21.5 Å². The van der Waals surface area contributed by atoms with Crippen molar-refractivity contribution in [1.29, 1.82) is 0 Å². The number of rotatable bonds is 2. The van der Waals surface area contributed by atoms with Crippen LogP contribution in [0.1, 0.15) is 37.8 Å². The number of nitrogens with zero attached hydrogens (tertiary/aromatic N) is 2. The Bertz CT molecular complexity index is 1440. The molecule has 0 N–H and O–H groups in total. The van der Waals surface area contributed by atoms with Crippen molar-refractivity contribution in [1.82, 2.24) is 9.13 Å². The minimum Gasteiger partial charge on any atom is -0.277 e. The number of hydrogen-bond donors (Lipinski definition) is 0. The first kappa shape index (κ1) is 18.5. The molecule has 6 heteroatoms. The average Bonchev–Trinajstić information content (AvgIpc) is 3.44. The summed E-state index contributed by atoms with van der Waals surface area (Å²) < 4.78 is 2.16. The van der Waals surface area contributed by atoms with Crippen LogP contribution in [-0.4, -0.2) is 9.13 Å². The van der Waals surface area contributed by atoms with Gasteiger partial charge in [-0.25, -0.2) is 0 Å². The maximum atomic E-state index is 13.2. The standard InChI is InChI=1S/C24H20N2O4/c1-11-5-7-13(9-11)15-17-19(23(29)25(3)21(17)27)16(14-8-6-12(2)10-14)20-18(15)22(28)26(4)24(20)30/h5-8H,9-10H2,1-4H3. The zero-order chi connectivity index (χ0) is 21.5. The van der Waals surface area contributed by atoms with Gasteiger partial charge in [0, 0.05) is 25.2 Å². The molecule has 3 aromatic rings. The van der Waals surface area contributed by atoms with Gasteiger partial charge in [-0.2, -0.15) is 0 Å². The predicted octanol–water partition coefficient (Wildman–Crippen LogP) is 2.45. The number of allylic oxidation sites excluding steroid dienone is 8. The van der Waals surface area contributed by atoms with Crippen molar-refractivity contribution in [2.75, 3.05) is 0 Å². The van der Waals surface area contributed by atoms with E-state index in [4.69, 9.17) is 0 Å². The Hall–Kier alpha value is -3.54. The molecule has 0 atom stereocenters. The molecule has 0 amide bonds. The van der Waals surface area contributed by atoms with Crippen LogP contribution in [0, 0.1) is 0 Å². The lowest BCUT2D eigenvalue weighted by Gasteiger charge is -2.12. The first-order valence-electron chi connectivity index (χ1n) is 9.84. The van der Waals surface area contributed by atoms with Gasteiger partial charge in [0.1, 0.15) is 0 Å². The zero-order valence-electron chi connectivity index (χ0n) is 17.3.